The van der Waals surface area contributed by atoms with Crippen LogP contribution in [0.3, 0.4) is 0 Å². The van der Waals surface area contributed by atoms with Crippen LogP contribution in [0.15, 0.2) is 30.6 Å². The van der Waals surface area contributed by atoms with E-state index in [1.54, 1.807) is 6.20 Å². The summed E-state index contributed by atoms with van der Waals surface area (Å²) in [6.45, 7) is 5.87. The van der Waals surface area contributed by atoms with Crippen LogP contribution in [0, 0.1) is 23.1 Å². The van der Waals surface area contributed by atoms with Gasteiger partial charge in [-0.2, -0.15) is 0 Å². The van der Waals surface area contributed by atoms with Crippen molar-refractivity contribution in [1.82, 2.24) is 20.2 Å². The van der Waals surface area contributed by atoms with Gasteiger partial charge in [0.05, 0.1) is 34.8 Å². The van der Waals surface area contributed by atoms with E-state index in [2.05, 4.69) is 15.3 Å². The highest BCUT2D eigenvalue weighted by Gasteiger charge is 2.72. The predicted octanol–water partition coefficient (Wildman–Crippen LogP) is 4.61. The van der Waals surface area contributed by atoms with E-state index in [0.29, 0.717) is 11.4 Å². The van der Waals surface area contributed by atoms with Crippen molar-refractivity contribution in [3.63, 3.8) is 0 Å². The number of ether oxygens (including phenoxy) is 1. The summed E-state index contributed by atoms with van der Waals surface area (Å²) in [7, 11) is 0. The van der Waals surface area contributed by atoms with Gasteiger partial charge in [0.2, 0.25) is 17.7 Å². The van der Waals surface area contributed by atoms with Crippen molar-refractivity contribution in [2.75, 3.05) is 13.1 Å². The number of nitrogens with zero attached hydrogens (tertiary/aromatic N) is 3. The molecule has 0 aromatic carbocycles. The lowest BCUT2D eigenvalue weighted by Crippen LogP contribution is -2.37. The molecular formula is C25H27Cl2FN4O3S. The molecule has 1 N–H and O–H groups in total. The van der Waals surface area contributed by atoms with Gasteiger partial charge in [0.25, 0.3) is 0 Å². The van der Waals surface area contributed by atoms with E-state index in [1.165, 1.54) is 28.5 Å². The maximum Gasteiger partial charge on any atom is 0.234 e. The highest BCUT2D eigenvalue weighted by molar-refractivity contribution is 7.19. The molecule has 7 nitrogen and oxygen atoms in total. The lowest BCUT2D eigenvalue weighted by atomic mass is 10.1. The SMILES string of the molecule is CC1(C)C2C(=O)N(Cc3cc4nccc(-c5cc(F)cnc5O[C@H]5CCCNC5)c4s3)C(=O)C21.Cl.Cl. The predicted molar refractivity (Wildman–Crippen MR) is 140 cm³/mol. The van der Waals surface area contributed by atoms with E-state index >= 15 is 0 Å². The summed E-state index contributed by atoms with van der Waals surface area (Å²) in [6, 6.07) is 5.17. The van der Waals surface area contributed by atoms with E-state index in [9.17, 15) is 14.0 Å². The van der Waals surface area contributed by atoms with Gasteiger partial charge in [0.15, 0.2) is 0 Å². The number of carbonyl (C=O) groups is 2. The first kappa shape index (κ1) is 26.7. The second-order valence-corrected chi connectivity index (χ2v) is 11.1. The number of hydrogen-bond donors (Lipinski definition) is 1. The molecule has 0 bridgehead atoms. The summed E-state index contributed by atoms with van der Waals surface area (Å²) in [5, 5.41) is 3.32. The van der Waals surface area contributed by atoms with Gasteiger partial charge in [-0.3, -0.25) is 19.5 Å². The lowest BCUT2D eigenvalue weighted by molar-refractivity contribution is -0.143. The van der Waals surface area contributed by atoms with Crippen LogP contribution in [0.25, 0.3) is 21.3 Å². The van der Waals surface area contributed by atoms with Crippen LogP contribution in [0.5, 0.6) is 5.88 Å². The number of likely N-dealkylation sites (tertiary alicyclic amines) is 1. The number of amides is 2. The van der Waals surface area contributed by atoms with Gasteiger partial charge in [-0.15, -0.1) is 36.2 Å². The number of piperidine rings is 2. The van der Waals surface area contributed by atoms with Crippen LogP contribution in [0.1, 0.15) is 31.6 Å². The third-order valence-corrected chi connectivity index (χ3v) is 8.45. The van der Waals surface area contributed by atoms with E-state index in [1.807, 2.05) is 26.0 Å². The average Bonchev–Trinajstić information content (AvgIpc) is 3.06. The molecule has 3 aromatic rings. The lowest BCUT2D eigenvalue weighted by Gasteiger charge is -2.24. The first-order valence-corrected chi connectivity index (χ1v) is 12.4. The molecule has 1 aliphatic carbocycles. The molecule has 6 rings (SSSR count). The quantitative estimate of drug-likeness (QED) is 0.465. The molecule has 0 spiro atoms. The van der Waals surface area contributed by atoms with Crippen molar-refractivity contribution < 1.29 is 18.7 Å². The molecule has 36 heavy (non-hydrogen) atoms. The standard InChI is InChI=1S/C25H25FN4O3S.2ClH/c1-25(2)19-20(25)24(32)30(23(19)31)12-15-9-18-21(34-15)16(5-7-28-18)17-8-13(26)10-29-22(17)33-14-4-3-6-27-11-14;;/h5,7-10,14,19-20,27H,3-4,6,11-12H2,1-2H3;2*1H/t14-,19?,20?;;/m0../s1. The fourth-order valence-corrected chi connectivity index (χ4v) is 6.52. The van der Waals surface area contributed by atoms with Gasteiger partial charge in [-0.05, 0) is 43.0 Å². The zero-order chi connectivity index (χ0) is 23.6. The topological polar surface area (TPSA) is 84.4 Å². The number of fused-ring (bicyclic) bond motifs is 2. The fraction of sp³-hybridized carbons (Fsp3) is 0.440. The maximum atomic E-state index is 14.3. The first-order chi connectivity index (χ1) is 16.3. The van der Waals surface area contributed by atoms with E-state index in [4.69, 9.17) is 4.74 Å². The van der Waals surface area contributed by atoms with Gasteiger partial charge in [-0.1, -0.05) is 13.8 Å². The molecular weight excluding hydrogens is 526 g/mol. The van der Waals surface area contributed by atoms with E-state index < -0.39 is 5.82 Å². The highest BCUT2D eigenvalue weighted by atomic mass is 35.5. The van der Waals surface area contributed by atoms with Crippen LogP contribution in [0.4, 0.5) is 4.39 Å². The molecule has 3 aromatic heterocycles. The third-order valence-electron chi connectivity index (χ3n) is 7.31. The zero-order valence-corrected chi connectivity index (χ0v) is 22.3. The normalized spacial score (nSPS) is 24.2. The number of pyridine rings is 2. The van der Waals surface area contributed by atoms with Gasteiger partial charge < -0.3 is 10.1 Å². The summed E-state index contributed by atoms with van der Waals surface area (Å²) < 4.78 is 21.3. The van der Waals surface area contributed by atoms with Crippen LogP contribution in [0.2, 0.25) is 0 Å². The molecule has 192 valence electrons. The highest BCUT2D eigenvalue weighted by Crippen LogP contribution is 2.63. The molecule has 3 atom stereocenters. The fourth-order valence-electron chi connectivity index (χ4n) is 5.39. The number of halogens is 3. The molecule has 2 saturated heterocycles. The Balaban J connectivity index is 0.00000152. The van der Waals surface area contributed by atoms with Crippen molar-refractivity contribution in [2.45, 2.75) is 39.3 Å². The molecule has 0 radical (unpaired) electrons. The second kappa shape index (κ2) is 9.85. The summed E-state index contributed by atoms with van der Waals surface area (Å²) in [4.78, 5) is 36.5. The molecule has 11 heteroatoms. The molecule has 1 saturated carbocycles. The number of aromatic nitrogens is 2. The number of nitrogens with one attached hydrogen (secondary N) is 1. The van der Waals surface area contributed by atoms with Crippen molar-refractivity contribution in [2.24, 2.45) is 17.3 Å². The second-order valence-electron chi connectivity index (χ2n) is 9.92. The number of rotatable bonds is 5. The minimum absolute atomic E-state index is 0. The van der Waals surface area contributed by atoms with Gasteiger partial charge in [-0.25, -0.2) is 9.37 Å². The maximum absolute atomic E-state index is 14.3. The number of imide groups is 1. The Morgan fingerprint density at radius 3 is 2.61 bits per heavy atom. The smallest absolute Gasteiger partial charge is 0.234 e. The minimum Gasteiger partial charge on any atom is -0.473 e. The number of carbonyl (C=O) groups excluding carboxylic acids is 2. The molecule has 2 unspecified atom stereocenters. The van der Waals surface area contributed by atoms with Gasteiger partial charge in [0.1, 0.15) is 11.9 Å². The van der Waals surface area contributed by atoms with Crippen LogP contribution in [-0.4, -0.2) is 45.9 Å². The third kappa shape index (κ3) is 4.36. The van der Waals surface area contributed by atoms with E-state index in [0.717, 1.165) is 46.6 Å². The largest absolute Gasteiger partial charge is 0.473 e. The van der Waals surface area contributed by atoms with Crippen LogP contribution >= 0.6 is 36.2 Å². The van der Waals surface area contributed by atoms with Crippen molar-refractivity contribution in [3.05, 3.63) is 41.3 Å². The first-order valence-electron chi connectivity index (χ1n) is 11.6. The van der Waals surface area contributed by atoms with Crippen LogP contribution in [-0.2, 0) is 16.1 Å². The molecule has 2 aliphatic heterocycles. The zero-order valence-electron chi connectivity index (χ0n) is 19.8. The van der Waals surface area contributed by atoms with Gasteiger partial charge in [0, 0.05) is 28.7 Å². The van der Waals surface area contributed by atoms with Gasteiger partial charge >= 0.3 is 0 Å². The van der Waals surface area contributed by atoms with E-state index in [-0.39, 0.29) is 66.5 Å². The Morgan fingerprint density at radius 2 is 1.92 bits per heavy atom. The monoisotopic (exact) mass is 552 g/mol. The Hall–Kier alpha value is -2.33. The summed E-state index contributed by atoms with van der Waals surface area (Å²) in [5.41, 5.74) is 1.85. The molecule has 3 fully saturated rings. The number of hydrogen-bond acceptors (Lipinski definition) is 7. The van der Waals surface area contributed by atoms with Crippen molar-refractivity contribution in [3.8, 4) is 17.0 Å². The summed E-state index contributed by atoms with van der Waals surface area (Å²) in [6.07, 6.45) is 4.75. The Bertz CT molecular complexity index is 1300. The molecule has 3 aliphatic rings. The van der Waals surface area contributed by atoms with Crippen LogP contribution < -0.4 is 10.1 Å². The summed E-state index contributed by atoms with van der Waals surface area (Å²) in [5.74, 6) is -0.620. The Morgan fingerprint density at radius 1 is 1.17 bits per heavy atom. The Labute approximate surface area is 224 Å². The summed E-state index contributed by atoms with van der Waals surface area (Å²) >= 11 is 1.46. The molecule has 2 amide bonds. The Kier molecular flexibility index (Phi) is 7.31. The van der Waals surface area contributed by atoms with Crippen molar-refractivity contribution >= 4 is 58.2 Å². The molecule has 5 heterocycles. The van der Waals surface area contributed by atoms with Crippen molar-refractivity contribution in [1.29, 1.82) is 0 Å². The minimum atomic E-state index is -0.444. The number of thiophene rings is 1. The average molecular weight is 553 g/mol.